The Balaban J connectivity index is 0.00000289. The van der Waals surface area contributed by atoms with Gasteiger partial charge < -0.3 is 10.6 Å². The van der Waals surface area contributed by atoms with E-state index in [-0.39, 0.29) is 24.0 Å². The molecule has 0 saturated carbocycles. The zero-order valence-corrected chi connectivity index (χ0v) is 14.8. The van der Waals surface area contributed by atoms with Crippen LogP contribution in [0.3, 0.4) is 0 Å². The summed E-state index contributed by atoms with van der Waals surface area (Å²) in [5.74, 6) is 0.852. The fraction of sp³-hybridized carbons (Fsp3) is 0.667. The maximum absolute atomic E-state index is 4.41. The van der Waals surface area contributed by atoms with E-state index < -0.39 is 0 Å². The van der Waals surface area contributed by atoms with Crippen molar-refractivity contribution in [2.45, 2.75) is 46.7 Å². The van der Waals surface area contributed by atoms with Crippen molar-refractivity contribution >= 4 is 41.3 Å². The minimum absolute atomic E-state index is 0. The zero-order valence-electron chi connectivity index (χ0n) is 11.7. The minimum Gasteiger partial charge on any atom is -0.354 e. The Labute approximate surface area is 131 Å². The molecule has 0 aromatic carbocycles. The number of halogens is 1. The topological polar surface area (TPSA) is 49.3 Å². The molecule has 0 amide bonds. The molecular formula is C12H23IN4S. The van der Waals surface area contributed by atoms with E-state index in [0.29, 0.717) is 6.04 Å². The first-order valence-corrected chi connectivity index (χ1v) is 6.78. The minimum atomic E-state index is 0. The van der Waals surface area contributed by atoms with Crippen LogP contribution in [-0.4, -0.2) is 24.0 Å². The van der Waals surface area contributed by atoms with Gasteiger partial charge in [-0.15, -0.1) is 35.3 Å². The number of aromatic nitrogens is 1. The molecule has 1 aromatic heterocycles. The number of aliphatic imine (C=N–C) groups is 1. The molecule has 18 heavy (non-hydrogen) atoms. The molecule has 1 aromatic rings. The van der Waals surface area contributed by atoms with Gasteiger partial charge >= 0.3 is 0 Å². The van der Waals surface area contributed by atoms with Gasteiger partial charge in [-0.1, -0.05) is 6.92 Å². The summed E-state index contributed by atoms with van der Waals surface area (Å²) in [5, 5.41) is 7.77. The molecule has 0 fully saturated rings. The number of hydrogen-bond acceptors (Lipinski definition) is 3. The quantitative estimate of drug-likeness (QED) is 0.478. The van der Waals surface area contributed by atoms with Crippen LogP contribution in [-0.2, 0) is 6.54 Å². The third-order valence-electron chi connectivity index (χ3n) is 2.64. The lowest BCUT2D eigenvalue weighted by atomic mass is 10.3. The lowest BCUT2D eigenvalue weighted by molar-refractivity contribution is 0.624. The first kappa shape index (κ1) is 17.6. The molecule has 0 aliphatic heterocycles. The highest BCUT2D eigenvalue weighted by molar-refractivity contribution is 14.0. The van der Waals surface area contributed by atoms with Gasteiger partial charge in [0.25, 0.3) is 0 Å². The molecule has 1 atom stereocenters. The van der Waals surface area contributed by atoms with E-state index in [1.54, 1.807) is 18.4 Å². The van der Waals surface area contributed by atoms with Crippen LogP contribution in [0.5, 0.6) is 0 Å². The normalized spacial score (nSPS) is 12.8. The Bertz CT molecular complexity index is 389. The van der Waals surface area contributed by atoms with E-state index in [0.717, 1.165) is 29.6 Å². The number of rotatable bonds is 4. The SMILES string of the molecule is CCC(C)NC(=NC)NCc1sc(C)nc1C.I. The van der Waals surface area contributed by atoms with Gasteiger partial charge in [0.05, 0.1) is 17.2 Å². The average molecular weight is 382 g/mol. The van der Waals surface area contributed by atoms with Crippen LogP contribution >= 0.6 is 35.3 Å². The Hall–Kier alpha value is -0.370. The zero-order chi connectivity index (χ0) is 12.8. The lowest BCUT2D eigenvalue weighted by Gasteiger charge is -2.16. The van der Waals surface area contributed by atoms with Gasteiger partial charge in [0.1, 0.15) is 0 Å². The largest absolute Gasteiger partial charge is 0.354 e. The molecule has 1 rings (SSSR count). The van der Waals surface area contributed by atoms with Gasteiger partial charge in [-0.05, 0) is 27.2 Å². The van der Waals surface area contributed by atoms with Crippen LogP contribution in [0.4, 0.5) is 0 Å². The summed E-state index contributed by atoms with van der Waals surface area (Å²) in [6.45, 7) is 9.17. The maximum Gasteiger partial charge on any atom is 0.191 e. The highest BCUT2D eigenvalue weighted by atomic mass is 127. The van der Waals surface area contributed by atoms with Gasteiger partial charge in [-0.25, -0.2) is 4.98 Å². The Kier molecular flexibility index (Phi) is 8.51. The van der Waals surface area contributed by atoms with Crippen molar-refractivity contribution in [3.63, 3.8) is 0 Å². The summed E-state index contributed by atoms with van der Waals surface area (Å²) in [6.07, 6.45) is 1.08. The van der Waals surface area contributed by atoms with Gasteiger partial charge in [-0.2, -0.15) is 0 Å². The third-order valence-corrected chi connectivity index (χ3v) is 3.71. The van der Waals surface area contributed by atoms with Crippen LogP contribution in [0.2, 0.25) is 0 Å². The number of nitrogens with one attached hydrogen (secondary N) is 2. The van der Waals surface area contributed by atoms with E-state index >= 15 is 0 Å². The van der Waals surface area contributed by atoms with E-state index in [1.807, 2.05) is 13.8 Å². The average Bonchev–Trinajstić information content (AvgIpc) is 2.62. The van der Waals surface area contributed by atoms with E-state index in [9.17, 15) is 0 Å². The lowest BCUT2D eigenvalue weighted by Crippen LogP contribution is -2.41. The first-order valence-electron chi connectivity index (χ1n) is 5.96. The number of hydrogen-bond donors (Lipinski definition) is 2. The Morgan fingerprint density at radius 3 is 2.56 bits per heavy atom. The van der Waals surface area contributed by atoms with E-state index in [1.165, 1.54) is 4.88 Å². The van der Waals surface area contributed by atoms with Crippen LogP contribution < -0.4 is 10.6 Å². The number of nitrogens with zero attached hydrogens (tertiary/aromatic N) is 2. The van der Waals surface area contributed by atoms with E-state index in [2.05, 4.69) is 34.5 Å². The van der Waals surface area contributed by atoms with Crippen molar-refractivity contribution in [1.29, 1.82) is 0 Å². The third kappa shape index (κ3) is 5.51. The molecule has 0 aliphatic rings. The molecule has 1 unspecified atom stereocenters. The number of aryl methyl sites for hydroxylation is 2. The van der Waals surface area contributed by atoms with Gasteiger partial charge in [0, 0.05) is 18.0 Å². The summed E-state index contributed by atoms with van der Waals surface area (Å²) >= 11 is 1.74. The number of thiazole rings is 1. The predicted octanol–water partition coefficient (Wildman–Crippen LogP) is 2.84. The summed E-state index contributed by atoms with van der Waals surface area (Å²) in [6, 6.07) is 0.436. The smallest absolute Gasteiger partial charge is 0.191 e. The maximum atomic E-state index is 4.41. The summed E-state index contributed by atoms with van der Waals surface area (Å²) in [5.41, 5.74) is 1.11. The first-order chi connectivity index (χ1) is 8.06. The molecule has 4 nitrogen and oxygen atoms in total. The van der Waals surface area contributed by atoms with Crippen LogP contribution in [0.15, 0.2) is 4.99 Å². The Morgan fingerprint density at radius 2 is 2.11 bits per heavy atom. The molecule has 2 N–H and O–H groups in total. The van der Waals surface area contributed by atoms with Gasteiger partial charge in [0.2, 0.25) is 0 Å². The standard InChI is InChI=1S/C12H22N4S.HI/c1-6-8(2)15-12(13-5)14-7-11-9(3)16-10(4)17-11;/h8H,6-7H2,1-5H3,(H2,13,14,15);1H. The summed E-state index contributed by atoms with van der Waals surface area (Å²) in [4.78, 5) is 9.89. The predicted molar refractivity (Wildman–Crippen MR) is 90.1 cm³/mol. The molecule has 0 saturated heterocycles. The molecule has 6 heteroatoms. The van der Waals surface area contributed by atoms with Crippen molar-refractivity contribution in [2.75, 3.05) is 7.05 Å². The monoisotopic (exact) mass is 382 g/mol. The van der Waals surface area contributed by atoms with Crippen LogP contribution in [0.1, 0.15) is 35.8 Å². The van der Waals surface area contributed by atoms with Gasteiger partial charge in [0.15, 0.2) is 5.96 Å². The fourth-order valence-corrected chi connectivity index (χ4v) is 2.31. The Morgan fingerprint density at radius 1 is 1.44 bits per heavy atom. The fourth-order valence-electron chi connectivity index (χ4n) is 1.43. The molecular weight excluding hydrogens is 359 g/mol. The van der Waals surface area contributed by atoms with Crippen molar-refractivity contribution < 1.29 is 0 Å². The second kappa shape index (κ2) is 8.68. The molecule has 0 spiro atoms. The second-order valence-corrected chi connectivity index (χ2v) is 5.41. The molecule has 1 heterocycles. The molecule has 0 aliphatic carbocycles. The second-order valence-electron chi connectivity index (χ2n) is 4.12. The van der Waals surface area contributed by atoms with Crippen molar-refractivity contribution in [3.8, 4) is 0 Å². The van der Waals surface area contributed by atoms with E-state index in [4.69, 9.17) is 0 Å². The van der Waals surface area contributed by atoms with Crippen molar-refractivity contribution in [1.82, 2.24) is 15.6 Å². The molecule has 104 valence electrons. The van der Waals surface area contributed by atoms with Crippen LogP contribution in [0.25, 0.3) is 0 Å². The highest BCUT2D eigenvalue weighted by Crippen LogP contribution is 2.16. The summed E-state index contributed by atoms with van der Waals surface area (Å²) < 4.78 is 0. The van der Waals surface area contributed by atoms with Crippen molar-refractivity contribution in [2.24, 2.45) is 4.99 Å². The highest BCUT2D eigenvalue weighted by Gasteiger charge is 2.06. The van der Waals surface area contributed by atoms with Crippen molar-refractivity contribution in [3.05, 3.63) is 15.6 Å². The number of guanidine groups is 1. The molecule has 0 radical (unpaired) electrons. The van der Waals surface area contributed by atoms with Gasteiger partial charge in [-0.3, -0.25) is 4.99 Å². The summed E-state index contributed by atoms with van der Waals surface area (Å²) in [7, 11) is 1.79. The molecule has 0 bridgehead atoms. The van der Waals surface area contributed by atoms with Crippen LogP contribution in [0, 0.1) is 13.8 Å².